The lowest BCUT2D eigenvalue weighted by Gasteiger charge is -2.15. The Bertz CT molecular complexity index is 540. The minimum absolute atomic E-state index is 0.0439. The number of para-hydroxylation sites is 1. The highest BCUT2D eigenvalue weighted by atomic mass is 16.5. The number of hydrazone groups is 1. The van der Waals surface area contributed by atoms with Crippen LogP contribution in [0.4, 0.5) is 5.69 Å². The predicted octanol–water partition coefficient (Wildman–Crippen LogP) is 0.801. The first-order valence-electron chi connectivity index (χ1n) is 6.03. The second-order valence-electron chi connectivity index (χ2n) is 3.98. The van der Waals surface area contributed by atoms with E-state index in [4.69, 9.17) is 10.5 Å². The van der Waals surface area contributed by atoms with Gasteiger partial charge in [0.05, 0.1) is 18.7 Å². The van der Waals surface area contributed by atoms with E-state index in [1.807, 2.05) is 12.1 Å². The van der Waals surface area contributed by atoms with Gasteiger partial charge in [-0.25, -0.2) is 4.79 Å². The molecule has 0 bridgehead atoms. The molecular formula is C13H15N3O3. The number of ether oxygens (including phenoxy) is 1. The Morgan fingerprint density at radius 3 is 2.89 bits per heavy atom. The SMILES string of the molecule is CCOC(=O)C1=NN(c2ccccc2CN)C(=O)C1. The number of nitrogens with two attached hydrogens (primary N) is 1. The van der Waals surface area contributed by atoms with E-state index in [0.717, 1.165) is 5.56 Å². The zero-order chi connectivity index (χ0) is 13.8. The minimum Gasteiger partial charge on any atom is -0.461 e. The van der Waals surface area contributed by atoms with E-state index in [2.05, 4.69) is 5.10 Å². The van der Waals surface area contributed by atoms with Crippen molar-refractivity contribution in [3.63, 3.8) is 0 Å². The van der Waals surface area contributed by atoms with Gasteiger partial charge in [0, 0.05) is 6.54 Å². The second kappa shape index (κ2) is 5.62. The van der Waals surface area contributed by atoms with Crippen LogP contribution in [-0.2, 0) is 20.9 Å². The number of rotatable bonds is 4. The van der Waals surface area contributed by atoms with Gasteiger partial charge in [-0.2, -0.15) is 10.1 Å². The van der Waals surface area contributed by atoms with Crippen LogP contribution in [0, 0.1) is 0 Å². The molecule has 0 radical (unpaired) electrons. The number of benzene rings is 1. The molecule has 0 saturated heterocycles. The summed E-state index contributed by atoms with van der Waals surface area (Å²) in [6.45, 7) is 2.26. The Labute approximate surface area is 110 Å². The number of hydrogen-bond donors (Lipinski definition) is 1. The summed E-state index contributed by atoms with van der Waals surface area (Å²) in [5.74, 6) is -0.812. The molecule has 100 valence electrons. The third-order valence-corrected chi connectivity index (χ3v) is 2.73. The van der Waals surface area contributed by atoms with Crippen molar-refractivity contribution in [1.29, 1.82) is 0 Å². The topological polar surface area (TPSA) is 85.0 Å². The van der Waals surface area contributed by atoms with Crippen LogP contribution in [-0.4, -0.2) is 24.2 Å². The molecule has 1 aromatic rings. The van der Waals surface area contributed by atoms with Crippen molar-refractivity contribution >= 4 is 23.3 Å². The number of anilines is 1. The molecule has 6 heteroatoms. The fraction of sp³-hybridized carbons (Fsp3) is 0.308. The van der Waals surface area contributed by atoms with E-state index in [1.165, 1.54) is 5.01 Å². The zero-order valence-electron chi connectivity index (χ0n) is 10.6. The molecule has 19 heavy (non-hydrogen) atoms. The molecule has 0 atom stereocenters. The Morgan fingerprint density at radius 1 is 1.47 bits per heavy atom. The number of nitrogens with zero attached hydrogens (tertiary/aromatic N) is 2. The second-order valence-corrected chi connectivity index (χ2v) is 3.98. The highest BCUT2D eigenvalue weighted by Crippen LogP contribution is 2.24. The average Bonchev–Trinajstić information content (AvgIpc) is 2.81. The highest BCUT2D eigenvalue weighted by Gasteiger charge is 2.30. The molecule has 1 amide bonds. The van der Waals surface area contributed by atoms with Gasteiger partial charge < -0.3 is 10.5 Å². The van der Waals surface area contributed by atoms with Gasteiger partial charge in [0.25, 0.3) is 5.91 Å². The number of carbonyl (C=O) groups excluding carboxylic acids is 2. The van der Waals surface area contributed by atoms with Crippen LogP contribution in [0.25, 0.3) is 0 Å². The average molecular weight is 261 g/mol. The largest absolute Gasteiger partial charge is 0.461 e. The fourth-order valence-corrected chi connectivity index (χ4v) is 1.84. The molecule has 2 N–H and O–H groups in total. The van der Waals surface area contributed by atoms with E-state index < -0.39 is 5.97 Å². The molecule has 1 aliphatic heterocycles. The summed E-state index contributed by atoms with van der Waals surface area (Å²) in [5.41, 5.74) is 7.15. The molecule has 2 rings (SSSR count). The van der Waals surface area contributed by atoms with Gasteiger partial charge in [0.15, 0.2) is 5.71 Å². The predicted molar refractivity (Wildman–Crippen MR) is 70.5 cm³/mol. The lowest BCUT2D eigenvalue weighted by Crippen LogP contribution is -2.21. The van der Waals surface area contributed by atoms with Crippen LogP contribution in [0.3, 0.4) is 0 Å². The van der Waals surface area contributed by atoms with Crippen LogP contribution in [0.2, 0.25) is 0 Å². The van der Waals surface area contributed by atoms with Crippen LogP contribution in [0.15, 0.2) is 29.4 Å². The zero-order valence-corrected chi connectivity index (χ0v) is 10.6. The van der Waals surface area contributed by atoms with Crippen molar-refractivity contribution < 1.29 is 14.3 Å². The molecule has 1 aromatic carbocycles. The summed E-state index contributed by atoms with van der Waals surface area (Å²) in [6.07, 6.45) is -0.0439. The van der Waals surface area contributed by atoms with Gasteiger partial charge in [-0.15, -0.1) is 0 Å². The highest BCUT2D eigenvalue weighted by molar-refractivity contribution is 6.42. The normalized spacial score (nSPS) is 14.5. The van der Waals surface area contributed by atoms with Gasteiger partial charge in [-0.05, 0) is 18.6 Å². The Kier molecular flexibility index (Phi) is 3.91. The summed E-state index contributed by atoms with van der Waals surface area (Å²) in [6, 6.07) is 7.19. The van der Waals surface area contributed by atoms with Crippen molar-refractivity contribution in [3.8, 4) is 0 Å². The summed E-state index contributed by atoms with van der Waals surface area (Å²) < 4.78 is 4.84. The van der Waals surface area contributed by atoms with Crippen molar-refractivity contribution in [2.75, 3.05) is 11.6 Å². The Hall–Kier alpha value is -2.21. The number of hydrogen-bond acceptors (Lipinski definition) is 5. The summed E-state index contributed by atoms with van der Waals surface area (Å²) in [4.78, 5) is 23.5. The lowest BCUT2D eigenvalue weighted by atomic mass is 10.1. The smallest absolute Gasteiger partial charge is 0.355 e. The lowest BCUT2D eigenvalue weighted by molar-refractivity contribution is -0.135. The first kappa shape index (κ1) is 13.2. The van der Waals surface area contributed by atoms with Crippen molar-refractivity contribution in [1.82, 2.24) is 0 Å². The maximum Gasteiger partial charge on any atom is 0.355 e. The van der Waals surface area contributed by atoms with E-state index >= 15 is 0 Å². The molecule has 0 aromatic heterocycles. The van der Waals surface area contributed by atoms with Gasteiger partial charge in [0.2, 0.25) is 0 Å². The molecule has 0 fully saturated rings. The third-order valence-electron chi connectivity index (χ3n) is 2.73. The number of amides is 1. The molecule has 0 saturated carbocycles. The summed E-state index contributed by atoms with van der Waals surface area (Å²) >= 11 is 0. The molecule has 0 aliphatic carbocycles. The van der Waals surface area contributed by atoms with Gasteiger partial charge in [0.1, 0.15) is 0 Å². The van der Waals surface area contributed by atoms with E-state index in [-0.39, 0.29) is 24.6 Å². The molecule has 1 heterocycles. The Balaban J connectivity index is 2.30. The Morgan fingerprint density at radius 2 is 2.21 bits per heavy atom. The fourth-order valence-electron chi connectivity index (χ4n) is 1.84. The quantitative estimate of drug-likeness (QED) is 0.812. The van der Waals surface area contributed by atoms with E-state index in [1.54, 1.807) is 19.1 Å². The molecule has 1 aliphatic rings. The van der Waals surface area contributed by atoms with Crippen LogP contribution in [0.5, 0.6) is 0 Å². The van der Waals surface area contributed by atoms with Crippen LogP contribution < -0.4 is 10.7 Å². The molecule has 0 unspecified atom stereocenters. The third kappa shape index (κ3) is 2.63. The maximum atomic E-state index is 11.9. The molecule has 0 spiro atoms. The van der Waals surface area contributed by atoms with Gasteiger partial charge in [-0.1, -0.05) is 18.2 Å². The standard InChI is InChI=1S/C13H15N3O3/c1-2-19-13(18)10-7-12(17)16(15-10)11-6-4-3-5-9(11)8-14/h3-6H,2,7-8,14H2,1H3. The first-order chi connectivity index (χ1) is 9.17. The first-order valence-corrected chi connectivity index (χ1v) is 6.03. The summed E-state index contributed by atoms with van der Waals surface area (Å²) in [7, 11) is 0. The monoisotopic (exact) mass is 261 g/mol. The maximum absolute atomic E-state index is 11.9. The number of carbonyl (C=O) groups is 2. The van der Waals surface area contributed by atoms with Crippen molar-refractivity contribution in [3.05, 3.63) is 29.8 Å². The molecular weight excluding hydrogens is 246 g/mol. The van der Waals surface area contributed by atoms with Gasteiger partial charge >= 0.3 is 5.97 Å². The van der Waals surface area contributed by atoms with Crippen molar-refractivity contribution in [2.24, 2.45) is 10.8 Å². The van der Waals surface area contributed by atoms with E-state index in [9.17, 15) is 9.59 Å². The number of esters is 1. The summed E-state index contributed by atoms with van der Waals surface area (Å²) in [5, 5.41) is 5.25. The van der Waals surface area contributed by atoms with Gasteiger partial charge in [-0.3, -0.25) is 4.79 Å². The van der Waals surface area contributed by atoms with E-state index in [0.29, 0.717) is 12.2 Å². The molecule has 6 nitrogen and oxygen atoms in total. The minimum atomic E-state index is -0.552. The van der Waals surface area contributed by atoms with Crippen LogP contribution in [0.1, 0.15) is 18.9 Å². The van der Waals surface area contributed by atoms with Crippen molar-refractivity contribution in [2.45, 2.75) is 19.9 Å². The van der Waals surface area contributed by atoms with Crippen LogP contribution >= 0.6 is 0 Å².